The quantitative estimate of drug-likeness (QED) is 0.701. The Balaban J connectivity index is 1.59. The van der Waals surface area contributed by atoms with Crippen LogP contribution in [0.1, 0.15) is 11.5 Å². The number of hydrogen-bond acceptors (Lipinski definition) is 6. The average molecular weight is 380 g/mol. The van der Waals surface area contributed by atoms with E-state index in [2.05, 4.69) is 15.0 Å². The molecule has 0 atom stereocenters. The SMILES string of the molecule is Cc1ccc(=O)n(CCN2CCN(S(=O)(=O)c3cn(C)c(C)n3)CC2)n1. The van der Waals surface area contributed by atoms with Crippen molar-refractivity contribution in [1.82, 2.24) is 28.5 Å². The Morgan fingerprint density at radius 2 is 1.77 bits per heavy atom. The summed E-state index contributed by atoms with van der Waals surface area (Å²) in [6.07, 6.45) is 1.55. The van der Waals surface area contributed by atoms with Crippen LogP contribution in [0.15, 0.2) is 28.2 Å². The first-order valence-electron chi connectivity index (χ1n) is 8.54. The van der Waals surface area contributed by atoms with E-state index in [1.807, 2.05) is 6.92 Å². The summed E-state index contributed by atoms with van der Waals surface area (Å²) >= 11 is 0. The maximum atomic E-state index is 12.7. The monoisotopic (exact) mass is 380 g/mol. The predicted molar refractivity (Wildman–Crippen MR) is 96.4 cm³/mol. The van der Waals surface area contributed by atoms with E-state index in [4.69, 9.17) is 0 Å². The number of aromatic nitrogens is 4. The van der Waals surface area contributed by atoms with Crippen LogP contribution in [0.5, 0.6) is 0 Å². The largest absolute Gasteiger partial charge is 0.337 e. The van der Waals surface area contributed by atoms with Gasteiger partial charge in [0.15, 0.2) is 5.03 Å². The maximum Gasteiger partial charge on any atom is 0.266 e. The molecule has 0 aliphatic carbocycles. The van der Waals surface area contributed by atoms with Gasteiger partial charge in [-0.2, -0.15) is 9.40 Å². The van der Waals surface area contributed by atoms with Gasteiger partial charge in [0.2, 0.25) is 0 Å². The summed E-state index contributed by atoms with van der Waals surface area (Å²) in [6.45, 7) is 6.83. The van der Waals surface area contributed by atoms with Crippen molar-refractivity contribution >= 4 is 10.0 Å². The third-order valence-corrected chi connectivity index (χ3v) is 6.42. The van der Waals surface area contributed by atoms with Gasteiger partial charge in [-0.25, -0.2) is 18.1 Å². The number of sulfonamides is 1. The van der Waals surface area contributed by atoms with Crippen molar-refractivity contribution in [2.24, 2.45) is 7.05 Å². The molecule has 142 valence electrons. The fourth-order valence-corrected chi connectivity index (χ4v) is 4.37. The van der Waals surface area contributed by atoms with E-state index >= 15 is 0 Å². The normalized spacial score (nSPS) is 16.9. The number of aryl methyl sites for hydroxylation is 3. The van der Waals surface area contributed by atoms with Crippen molar-refractivity contribution in [3.05, 3.63) is 40.2 Å². The zero-order valence-electron chi connectivity index (χ0n) is 15.3. The summed E-state index contributed by atoms with van der Waals surface area (Å²) in [4.78, 5) is 18.1. The summed E-state index contributed by atoms with van der Waals surface area (Å²) in [5, 5.41) is 4.32. The molecule has 3 rings (SSSR count). The first-order chi connectivity index (χ1) is 12.3. The van der Waals surface area contributed by atoms with Crippen LogP contribution in [0.25, 0.3) is 0 Å². The highest BCUT2D eigenvalue weighted by Gasteiger charge is 2.30. The second kappa shape index (κ2) is 7.29. The van der Waals surface area contributed by atoms with Crippen LogP contribution in [0.2, 0.25) is 0 Å². The fraction of sp³-hybridized carbons (Fsp3) is 0.562. The molecule has 26 heavy (non-hydrogen) atoms. The molecule has 9 nitrogen and oxygen atoms in total. The van der Waals surface area contributed by atoms with Crippen molar-refractivity contribution in [1.29, 1.82) is 0 Å². The molecule has 1 aliphatic rings. The van der Waals surface area contributed by atoms with Gasteiger partial charge in [-0.3, -0.25) is 9.69 Å². The van der Waals surface area contributed by atoms with Gasteiger partial charge >= 0.3 is 0 Å². The molecule has 1 fully saturated rings. The Labute approximate surface area is 152 Å². The van der Waals surface area contributed by atoms with Gasteiger partial charge in [-0.05, 0) is 19.9 Å². The molecule has 0 spiro atoms. The Hall–Kier alpha value is -2.04. The third kappa shape index (κ3) is 3.87. The average Bonchev–Trinajstić information content (AvgIpc) is 2.96. The van der Waals surface area contributed by atoms with Gasteiger partial charge in [0.1, 0.15) is 5.82 Å². The van der Waals surface area contributed by atoms with E-state index in [9.17, 15) is 13.2 Å². The standard InChI is InChI=1S/C16H24N6O3S/c1-13-4-5-16(23)22(18-13)11-8-20-6-9-21(10-7-20)26(24,25)15-12-19(3)14(2)17-15/h4-5,12H,6-11H2,1-3H3. The highest BCUT2D eigenvalue weighted by molar-refractivity contribution is 7.89. The van der Waals surface area contributed by atoms with Crippen molar-refractivity contribution < 1.29 is 8.42 Å². The van der Waals surface area contributed by atoms with Crippen LogP contribution in [-0.2, 0) is 23.6 Å². The molecular formula is C16H24N6O3S. The number of piperazine rings is 1. The summed E-state index contributed by atoms with van der Waals surface area (Å²) in [7, 11) is -1.78. The van der Waals surface area contributed by atoms with E-state index in [0.717, 1.165) is 5.69 Å². The Kier molecular flexibility index (Phi) is 5.26. The smallest absolute Gasteiger partial charge is 0.266 e. The highest BCUT2D eigenvalue weighted by atomic mass is 32.2. The minimum atomic E-state index is -3.56. The lowest BCUT2D eigenvalue weighted by molar-refractivity contribution is 0.180. The van der Waals surface area contributed by atoms with Crippen LogP contribution in [0.3, 0.4) is 0 Å². The molecule has 2 aromatic rings. The number of nitrogens with zero attached hydrogens (tertiary/aromatic N) is 6. The zero-order chi connectivity index (χ0) is 18.9. The maximum absolute atomic E-state index is 12.7. The first kappa shape index (κ1) is 18.7. The molecule has 0 N–H and O–H groups in total. The second-order valence-corrected chi connectivity index (χ2v) is 8.40. The molecule has 0 saturated carbocycles. The summed E-state index contributed by atoms with van der Waals surface area (Å²) < 4.78 is 30.0. The number of imidazole rings is 1. The fourth-order valence-electron chi connectivity index (χ4n) is 2.92. The van der Waals surface area contributed by atoms with Crippen LogP contribution in [-0.4, -0.2) is 69.7 Å². The lowest BCUT2D eigenvalue weighted by Gasteiger charge is -2.33. The molecule has 10 heteroatoms. The molecule has 0 aromatic carbocycles. The number of rotatable bonds is 5. The van der Waals surface area contributed by atoms with Crippen LogP contribution in [0, 0.1) is 13.8 Å². The lowest BCUT2D eigenvalue weighted by Crippen LogP contribution is -2.49. The van der Waals surface area contributed by atoms with Gasteiger partial charge < -0.3 is 4.57 Å². The molecule has 1 aliphatic heterocycles. The van der Waals surface area contributed by atoms with Crippen molar-refractivity contribution in [2.45, 2.75) is 25.4 Å². The molecular weight excluding hydrogens is 356 g/mol. The summed E-state index contributed by atoms with van der Waals surface area (Å²) in [6, 6.07) is 3.21. The molecule has 0 bridgehead atoms. The van der Waals surface area contributed by atoms with Gasteiger partial charge in [-0.15, -0.1) is 0 Å². The molecule has 2 aromatic heterocycles. The zero-order valence-corrected chi connectivity index (χ0v) is 16.1. The minimum absolute atomic E-state index is 0.0986. The van der Waals surface area contributed by atoms with E-state index < -0.39 is 10.0 Å². The molecule has 0 amide bonds. The summed E-state index contributed by atoms with van der Waals surface area (Å²) in [5.41, 5.74) is 0.675. The Morgan fingerprint density at radius 3 is 2.38 bits per heavy atom. The van der Waals surface area contributed by atoms with Crippen molar-refractivity contribution in [3.8, 4) is 0 Å². The predicted octanol–water partition coefficient (Wildman–Crippen LogP) is -0.400. The van der Waals surface area contributed by atoms with E-state index in [-0.39, 0.29) is 10.6 Å². The van der Waals surface area contributed by atoms with Crippen LogP contribution >= 0.6 is 0 Å². The molecule has 1 saturated heterocycles. The van der Waals surface area contributed by atoms with E-state index in [1.54, 1.807) is 30.8 Å². The van der Waals surface area contributed by atoms with E-state index in [0.29, 0.717) is 45.1 Å². The Bertz CT molecular complexity index is 922. The minimum Gasteiger partial charge on any atom is -0.337 e. The van der Waals surface area contributed by atoms with Crippen LogP contribution in [0.4, 0.5) is 0 Å². The van der Waals surface area contributed by atoms with Gasteiger partial charge in [-0.1, -0.05) is 0 Å². The number of hydrogen-bond donors (Lipinski definition) is 0. The van der Waals surface area contributed by atoms with Crippen molar-refractivity contribution in [2.75, 3.05) is 32.7 Å². The van der Waals surface area contributed by atoms with Gasteiger partial charge in [0.25, 0.3) is 15.6 Å². The third-order valence-electron chi connectivity index (χ3n) is 4.65. The lowest BCUT2D eigenvalue weighted by atomic mass is 10.3. The van der Waals surface area contributed by atoms with Gasteiger partial charge in [0.05, 0.1) is 12.2 Å². The Morgan fingerprint density at radius 1 is 1.08 bits per heavy atom. The van der Waals surface area contributed by atoms with Crippen LogP contribution < -0.4 is 5.56 Å². The van der Waals surface area contributed by atoms with Crippen molar-refractivity contribution in [3.63, 3.8) is 0 Å². The second-order valence-electron chi connectivity index (χ2n) is 6.52. The van der Waals surface area contributed by atoms with Gasteiger partial charge in [0, 0.05) is 52.0 Å². The molecule has 0 radical (unpaired) electrons. The summed E-state index contributed by atoms with van der Waals surface area (Å²) in [5.74, 6) is 0.665. The van der Waals surface area contributed by atoms with E-state index in [1.165, 1.54) is 15.1 Å². The molecule has 3 heterocycles. The first-order valence-corrected chi connectivity index (χ1v) is 9.98. The molecule has 0 unspecified atom stereocenters. The topological polar surface area (TPSA) is 93.3 Å². The highest BCUT2D eigenvalue weighted by Crippen LogP contribution is 2.16.